The molecule has 0 aliphatic carbocycles. The van der Waals surface area contributed by atoms with Crippen molar-refractivity contribution in [3.63, 3.8) is 0 Å². The van der Waals surface area contributed by atoms with Gasteiger partial charge >= 0.3 is 0 Å². The van der Waals surface area contributed by atoms with Crippen LogP contribution in [0.25, 0.3) is 0 Å². The lowest BCUT2D eigenvalue weighted by Gasteiger charge is -2.01. The Morgan fingerprint density at radius 1 is 1.38 bits per heavy atom. The first-order valence-electron chi connectivity index (χ1n) is 4.56. The third-order valence-corrected chi connectivity index (χ3v) is 2.48. The van der Waals surface area contributed by atoms with Gasteiger partial charge in [-0.05, 0) is 17.7 Å². The number of anilines is 1. The lowest BCUT2D eigenvalue weighted by Crippen LogP contribution is -2.13. The number of carbonyl (C=O) groups excluding carboxylic acids is 1. The van der Waals surface area contributed by atoms with Crippen molar-refractivity contribution in [1.29, 1.82) is 0 Å². The van der Waals surface area contributed by atoms with Crippen LogP contribution in [0.4, 0.5) is 9.39 Å². The van der Waals surface area contributed by atoms with Crippen LogP contribution in [0.5, 0.6) is 0 Å². The van der Waals surface area contributed by atoms with E-state index in [-0.39, 0.29) is 18.1 Å². The Bertz CT molecular complexity index is 469. The number of halogens is 1. The molecule has 6 heteroatoms. The number of rotatable bonds is 3. The maximum absolute atomic E-state index is 12.6. The van der Waals surface area contributed by atoms with Crippen molar-refractivity contribution in [3.8, 4) is 0 Å². The van der Waals surface area contributed by atoms with Crippen molar-refractivity contribution in [2.45, 2.75) is 6.42 Å². The van der Waals surface area contributed by atoms with Gasteiger partial charge in [-0.3, -0.25) is 4.79 Å². The molecule has 0 aliphatic rings. The van der Waals surface area contributed by atoms with Crippen LogP contribution >= 0.6 is 11.5 Å². The third kappa shape index (κ3) is 2.83. The molecule has 0 saturated carbocycles. The zero-order valence-electron chi connectivity index (χ0n) is 8.18. The molecule has 0 aliphatic heterocycles. The minimum Gasteiger partial charge on any atom is -0.315 e. The predicted molar refractivity (Wildman–Crippen MR) is 58.6 cm³/mol. The van der Waals surface area contributed by atoms with Gasteiger partial charge in [-0.1, -0.05) is 16.6 Å². The highest BCUT2D eigenvalue weighted by molar-refractivity contribution is 7.10. The number of benzene rings is 1. The van der Waals surface area contributed by atoms with Crippen LogP contribution in [-0.2, 0) is 11.2 Å². The van der Waals surface area contributed by atoms with E-state index in [1.165, 1.54) is 18.3 Å². The van der Waals surface area contributed by atoms with Crippen LogP contribution in [0.15, 0.2) is 30.5 Å². The quantitative estimate of drug-likeness (QED) is 0.886. The topological polar surface area (TPSA) is 54.9 Å². The molecule has 2 aromatic rings. The Morgan fingerprint density at radius 3 is 2.75 bits per heavy atom. The molecule has 1 N–H and O–H groups in total. The molecule has 0 unspecified atom stereocenters. The van der Waals surface area contributed by atoms with E-state index < -0.39 is 0 Å². The molecule has 0 saturated heterocycles. The second kappa shape index (κ2) is 4.80. The Balaban J connectivity index is 1.95. The van der Waals surface area contributed by atoms with Crippen molar-refractivity contribution in [2.24, 2.45) is 0 Å². The molecule has 4 nitrogen and oxygen atoms in total. The number of hydrogen-bond acceptors (Lipinski definition) is 4. The standard InChI is InChI=1S/C10H8FN3OS/c11-8-3-1-7(2-4-8)5-9(15)13-10-6-12-14-16-10/h1-4,6H,5H2,(H,13,15). The van der Waals surface area contributed by atoms with Crippen LogP contribution in [0.2, 0.25) is 0 Å². The van der Waals surface area contributed by atoms with Gasteiger partial charge in [0.2, 0.25) is 5.91 Å². The summed E-state index contributed by atoms with van der Waals surface area (Å²) in [4.78, 5) is 11.5. The Kier molecular flexibility index (Phi) is 3.21. The molecule has 1 aromatic heterocycles. The average molecular weight is 237 g/mol. The van der Waals surface area contributed by atoms with Crippen LogP contribution < -0.4 is 5.32 Å². The molecule has 0 spiro atoms. The van der Waals surface area contributed by atoms with Gasteiger partial charge in [-0.25, -0.2) is 4.39 Å². The molecule has 16 heavy (non-hydrogen) atoms. The molecule has 2 rings (SSSR count). The number of aromatic nitrogens is 2. The molecular weight excluding hydrogens is 229 g/mol. The molecule has 0 bridgehead atoms. The number of nitrogens with one attached hydrogen (secondary N) is 1. The molecule has 82 valence electrons. The second-order valence-corrected chi connectivity index (χ2v) is 3.92. The van der Waals surface area contributed by atoms with Crippen LogP contribution in [-0.4, -0.2) is 15.5 Å². The summed E-state index contributed by atoms with van der Waals surface area (Å²) in [6, 6.07) is 5.83. The van der Waals surface area contributed by atoms with Crippen molar-refractivity contribution in [1.82, 2.24) is 9.59 Å². The molecule has 0 atom stereocenters. The van der Waals surface area contributed by atoms with Gasteiger partial charge in [0.15, 0.2) is 0 Å². The molecule has 1 aromatic carbocycles. The van der Waals surface area contributed by atoms with E-state index in [0.717, 1.165) is 17.1 Å². The third-order valence-electron chi connectivity index (χ3n) is 1.90. The van der Waals surface area contributed by atoms with Crippen molar-refractivity contribution in [2.75, 3.05) is 5.32 Å². The molecule has 0 radical (unpaired) electrons. The van der Waals surface area contributed by atoms with Gasteiger partial charge < -0.3 is 5.32 Å². The van der Waals surface area contributed by atoms with Crippen LogP contribution in [0, 0.1) is 5.82 Å². The summed E-state index contributed by atoms with van der Waals surface area (Å²) in [6.45, 7) is 0. The summed E-state index contributed by atoms with van der Waals surface area (Å²) in [5, 5.41) is 6.85. The number of hydrogen-bond donors (Lipinski definition) is 1. The average Bonchev–Trinajstić information content (AvgIpc) is 2.74. The second-order valence-electron chi connectivity index (χ2n) is 3.13. The van der Waals surface area contributed by atoms with E-state index in [9.17, 15) is 9.18 Å². The van der Waals surface area contributed by atoms with E-state index in [1.54, 1.807) is 12.1 Å². The highest BCUT2D eigenvalue weighted by atomic mass is 32.1. The van der Waals surface area contributed by atoms with Crippen molar-refractivity contribution < 1.29 is 9.18 Å². The summed E-state index contributed by atoms with van der Waals surface area (Å²) in [6.07, 6.45) is 1.69. The fraction of sp³-hybridized carbons (Fsp3) is 0.100. The SMILES string of the molecule is O=C(Cc1ccc(F)cc1)Nc1cnns1. The first-order chi connectivity index (χ1) is 7.74. The largest absolute Gasteiger partial charge is 0.315 e. The molecule has 1 heterocycles. The maximum atomic E-state index is 12.6. The summed E-state index contributed by atoms with van der Waals surface area (Å²) in [5.74, 6) is -0.478. The summed E-state index contributed by atoms with van der Waals surface area (Å²) >= 11 is 1.11. The van der Waals surface area contributed by atoms with Gasteiger partial charge in [0.25, 0.3) is 0 Å². The van der Waals surface area contributed by atoms with Crippen molar-refractivity contribution >= 4 is 22.4 Å². The van der Waals surface area contributed by atoms with Crippen LogP contribution in [0.3, 0.4) is 0 Å². The van der Waals surface area contributed by atoms with E-state index in [4.69, 9.17) is 0 Å². The fourth-order valence-corrected chi connectivity index (χ4v) is 1.63. The maximum Gasteiger partial charge on any atom is 0.229 e. The van der Waals surface area contributed by atoms with Crippen molar-refractivity contribution in [3.05, 3.63) is 41.8 Å². The highest BCUT2D eigenvalue weighted by Gasteiger charge is 2.05. The Hall–Kier alpha value is -1.82. The minimum atomic E-state index is -0.309. The summed E-state index contributed by atoms with van der Waals surface area (Å²) < 4.78 is 16.2. The fourth-order valence-electron chi connectivity index (χ4n) is 1.19. The van der Waals surface area contributed by atoms with Gasteiger partial charge in [0.1, 0.15) is 10.8 Å². The smallest absolute Gasteiger partial charge is 0.229 e. The Morgan fingerprint density at radius 2 is 2.12 bits per heavy atom. The van der Waals surface area contributed by atoms with E-state index in [0.29, 0.717) is 5.00 Å². The van der Waals surface area contributed by atoms with E-state index in [2.05, 4.69) is 14.9 Å². The summed E-state index contributed by atoms with van der Waals surface area (Å²) in [5.41, 5.74) is 0.761. The highest BCUT2D eigenvalue weighted by Crippen LogP contribution is 2.10. The van der Waals surface area contributed by atoms with Gasteiger partial charge in [0, 0.05) is 11.5 Å². The summed E-state index contributed by atoms with van der Waals surface area (Å²) in [7, 11) is 0. The van der Waals surface area contributed by atoms with Gasteiger partial charge in [0.05, 0.1) is 12.6 Å². The molecule has 1 amide bonds. The number of amides is 1. The number of carbonyl (C=O) groups is 1. The Labute approximate surface area is 95.3 Å². The first kappa shape index (κ1) is 10.7. The van der Waals surface area contributed by atoms with E-state index in [1.807, 2.05) is 0 Å². The van der Waals surface area contributed by atoms with E-state index >= 15 is 0 Å². The zero-order valence-corrected chi connectivity index (χ0v) is 9.00. The zero-order chi connectivity index (χ0) is 11.4. The van der Waals surface area contributed by atoms with Crippen LogP contribution in [0.1, 0.15) is 5.56 Å². The lowest BCUT2D eigenvalue weighted by molar-refractivity contribution is -0.115. The normalized spacial score (nSPS) is 10.1. The minimum absolute atomic E-state index is 0.169. The monoisotopic (exact) mass is 237 g/mol. The van der Waals surface area contributed by atoms with Gasteiger partial charge in [-0.15, -0.1) is 5.10 Å². The molecular formula is C10H8FN3OS. The number of nitrogens with zero attached hydrogens (tertiary/aromatic N) is 2. The predicted octanol–water partition coefficient (Wildman–Crippen LogP) is 1.86. The first-order valence-corrected chi connectivity index (χ1v) is 5.33. The molecule has 0 fully saturated rings. The van der Waals surface area contributed by atoms with Gasteiger partial charge in [-0.2, -0.15) is 0 Å². The lowest BCUT2D eigenvalue weighted by atomic mass is 10.1.